The summed E-state index contributed by atoms with van der Waals surface area (Å²) in [6.45, 7) is 3.19. The molecule has 0 aromatic heterocycles. The number of nitrogens with one attached hydrogen (secondary N) is 1. The smallest absolute Gasteiger partial charge is 0.234 e. The second-order valence-corrected chi connectivity index (χ2v) is 6.36. The van der Waals surface area contributed by atoms with E-state index in [1.807, 2.05) is 0 Å². The van der Waals surface area contributed by atoms with Crippen LogP contribution < -0.4 is 5.32 Å². The predicted octanol–water partition coefficient (Wildman–Crippen LogP) is 0.165. The van der Waals surface area contributed by atoms with Gasteiger partial charge in [-0.15, -0.1) is 11.6 Å². The molecule has 1 amide bonds. The molecule has 78 valence electrons. The summed E-state index contributed by atoms with van der Waals surface area (Å²) in [7, 11) is -3.16. The van der Waals surface area contributed by atoms with Crippen LogP contribution in [0.1, 0.15) is 13.8 Å². The lowest BCUT2D eigenvalue weighted by Gasteiger charge is -2.22. The number of carbonyl (C=O) groups is 1. The maximum absolute atomic E-state index is 11.2. The number of hydrogen-bond donors (Lipinski definition) is 1. The molecule has 0 radical (unpaired) electrons. The van der Waals surface area contributed by atoms with Crippen LogP contribution in [0, 0.1) is 0 Å². The van der Waals surface area contributed by atoms with E-state index < -0.39 is 14.6 Å². The largest absolute Gasteiger partial charge is 0.354 e. The van der Waals surface area contributed by atoms with E-state index in [1.54, 1.807) is 13.8 Å². The Labute approximate surface area is 83.6 Å². The zero-order valence-electron chi connectivity index (χ0n) is 7.93. The van der Waals surface area contributed by atoms with Crippen molar-refractivity contribution in [2.45, 2.75) is 18.6 Å². The van der Waals surface area contributed by atoms with Crippen LogP contribution in [0.15, 0.2) is 0 Å². The molecule has 0 unspecified atom stereocenters. The van der Waals surface area contributed by atoms with Gasteiger partial charge in [0, 0.05) is 12.8 Å². The average Bonchev–Trinajstić information content (AvgIpc) is 1.98. The van der Waals surface area contributed by atoms with E-state index in [0.717, 1.165) is 6.26 Å². The van der Waals surface area contributed by atoms with Crippen molar-refractivity contribution in [1.82, 2.24) is 5.32 Å². The number of alkyl halides is 1. The number of carbonyl (C=O) groups excluding carboxylic acids is 1. The first-order valence-electron chi connectivity index (χ1n) is 3.73. The van der Waals surface area contributed by atoms with Crippen LogP contribution in [0.4, 0.5) is 0 Å². The highest BCUT2D eigenvalue weighted by molar-refractivity contribution is 7.92. The first kappa shape index (κ1) is 12.7. The van der Waals surface area contributed by atoms with Gasteiger partial charge in [-0.25, -0.2) is 8.42 Å². The van der Waals surface area contributed by atoms with Crippen molar-refractivity contribution < 1.29 is 13.2 Å². The maximum Gasteiger partial charge on any atom is 0.234 e. The molecule has 0 aliphatic carbocycles. The van der Waals surface area contributed by atoms with Crippen molar-refractivity contribution in [1.29, 1.82) is 0 Å². The Morgan fingerprint density at radius 2 is 1.92 bits per heavy atom. The Balaban J connectivity index is 4.29. The molecule has 0 atom stereocenters. The van der Waals surface area contributed by atoms with Crippen LogP contribution in [-0.2, 0) is 14.6 Å². The standard InChI is InChI=1S/C7H14ClNO3S/c1-7(2,13(3,11)12)5-9-6(10)4-8/h4-5H2,1-3H3,(H,9,10). The molecule has 0 rings (SSSR count). The average molecular weight is 228 g/mol. The zero-order chi connectivity index (χ0) is 10.7. The Hall–Kier alpha value is -0.290. The van der Waals surface area contributed by atoms with Crippen molar-refractivity contribution in [3.63, 3.8) is 0 Å². The van der Waals surface area contributed by atoms with Gasteiger partial charge in [0.15, 0.2) is 9.84 Å². The van der Waals surface area contributed by atoms with Gasteiger partial charge in [-0.2, -0.15) is 0 Å². The van der Waals surface area contributed by atoms with E-state index in [9.17, 15) is 13.2 Å². The number of hydrogen-bond acceptors (Lipinski definition) is 3. The molecule has 0 heterocycles. The highest BCUT2D eigenvalue weighted by Crippen LogP contribution is 2.13. The lowest BCUT2D eigenvalue weighted by molar-refractivity contribution is -0.118. The van der Waals surface area contributed by atoms with Gasteiger partial charge in [-0.1, -0.05) is 0 Å². The van der Waals surface area contributed by atoms with Crippen molar-refractivity contribution in [2.75, 3.05) is 18.7 Å². The van der Waals surface area contributed by atoms with Crippen molar-refractivity contribution in [3.05, 3.63) is 0 Å². The lowest BCUT2D eigenvalue weighted by atomic mass is 10.2. The van der Waals surface area contributed by atoms with E-state index in [2.05, 4.69) is 5.32 Å². The number of halogens is 1. The van der Waals surface area contributed by atoms with Gasteiger partial charge in [0.05, 0.1) is 4.75 Å². The topological polar surface area (TPSA) is 63.2 Å². The molecule has 0 bridgehead atoms. The Morgan fingerprint density at radius 1 is 1.46 bits per heavy atom. The fourth-order valence-electron chi connectivity index (χ4n) is 0.490. The number of sulfone groups is 1. The second kappa shape index (κ2) is 4.28. The van der Waals surface area contributed by atoms with E-state index in [4.69, 9.17) is 11.6 Å². The Bertz CT molecular complexity index is 284. The van der Waals surface area contributed by atoms with Crippen LogP contribution in [0.3, 0.4) is 0 Å². The summed E-state index contributed by atoms with van der Waals surface area (Å²) >= 11 is 5.23. The summed E-state index contributed by atoms with van der Waals surface area (Å²) in [4.78, 5) is 10.7. The molecule has 0 saturated carbocycles. The summed E-state index contributed by atoms with van der Waals surface area (Å²) in [5.41, 5.74) is 0. The Kier molecular flexibility index (Phi) is 4.19. The van der Waals surface area contributed by atoms with E-state index >= 15 is 0 Å². The summed E-state index contributed by atoms with van der Waals surface area (Å²) in [5, 5.41) is 2.43. The summed E-state index contributed by atoms with van der Waals surface area (Å²) in [6, 6.07) is 0. The first-order valence-corrected chi connectivity index (χ1v) is 6.15. The van der Waals surface area contributed by atoms with E-state index in [0.29, 0.717) is 0 Å². The second-order valence-electron chi connectivity index (χ2n) is 3.44. The molecular weight excluding hydrogens is 214 g/mol. The van der Waals surface area contributed by atoms with Crippen LogP contribution in [0.25, 0.3) is 0 Å². The molecule has 4 nitrogen and oxygen atoms in total. The number of rotatable bonds is 4. The third kappa shape index (κ3) is 3.95. The number of amides is 1. The molecule has 13 heavy (non-hydrogen) atoms. The molecule has 0 aromatic carbocycles. The minimum Gasteiger partial charge on any atom is -0.354 e. The van der Waals surface area contributed by atoms with Gasteiger partial charge in [-0.3, -0.25) is 4.79 Å². The monoisotopic (exact) mass is 227 g/mol. The van der Waals surface area contributed by atoms with Gasteiger partial charge in [0.25, 0.3) is 0 Å². The minimum absolute atomic E-state index is 0.0807. The van der Waals surface area contributed by atoms with E-state index in [-0.39, 0.29) is 18.3 Å². The van der Waals surface area contributed by atoms with Gasteiger partial charge >= 0.3 is 0 Å². The molecule has 6 heteroatoms. The van der Waals surface area contributed by atoms with Crippen LogP contribution in [-0.4, -0.2) is 37.8 Å². The molecule has 0 aliphatic rings. The molecule has 0 aliphatic heterocycles. The van der Waals surface area contributed by atoms with Gasteiger partial charge in [-0.05, 0) is 13.8 Å². The molecule has 0 fully saturated rings. The summed E-state index contributed by atoms with van der Waals surface area (Å²) < 4.78 is 21.4. The zero-order valence-corrected chi connectivity index (χ0v) is 9.50. The predicted molar refractivity (Wildman–Crippen MR) is 52.7 cm³/mol. The molecule has 1 N–H and O–H groups in total. The fraction of sp³-hybridized carbons (Fsp3) is 0.857. The van der Waals surface area contributed by atoms with Gasteiger partial charge in [0.2, 0.25) is 5.91 Å². The normalized spacial score (nSPS) is 12.6. The van der Waals surface area contributed by atoms with Crippen LogP contribution in [0.5, 0.6) is 0 Å². The van der Waals surface area contributed by atoms with Crippen LogP contribution in [0.2, 0.25) is 0 Å². The van der Waals surface area contributed by atoms with E-state index in [1.165, 1.54) is 0 Å². The fourth-order valence-corrected chi connectivity index (χ4v) is 0.919. The SMILES string of the molecule is CC(C)(CNC(=O)CCl)S(C)(=O)=O. The van der Waals surface area contributed by atoms with Crippen molar-refractivity contribution in [3.8, 4) is 0 Å². The highest BCUT2D eigenvalue weighted by atomic mass is 35.5. The first-order chi connectivity index (χ1) is 5.70. The third-order valence-electron chi connectivity index (χ3n) is 1.84. The molecular formula is C7H14ClNO3S. The lowest BCUT2D eigenvalue weighted by Crippen LogP contribution is -2.44. The Morgan fingerprint density at radius 3 is 2.23 bits per heavy atom. The summed E-state index contributed by atoms with van der Waals surface area (Å²) in [5.74, 6) is -0.516. The highest BCUT2D eigenvalue weighted by Gasteiger charge is 2.30. The van der Waals surface area contributed by atoms with Gasteiger partial charge in [0.1, 0.15) is 5.88 Å². The quantitative estimate of drug-likeness (QED) is 0.697. The molecule has 0 aromatic rings. The maximum atomic E-state index is 11.2. The van der Waals surface area contributed by atoms with Gasteiger partial charge < -0.3 is 5.32 Å². The molecule has 0 spiro atoms. The third-order valence-corrected chi connectivity index (χ3v) is 4.23. The molecule has 0 saturated heterocycles. The summed E-state index contributed by atoms with van der Waals surface area (Å²) in [6.07, 6.45) is 1.14. The van der Waals surface area contributed by atoms with Crippen molar-refractivity contribution in [2.24, 2.45) is 0 Å². The van der Waals surface area contributed by atoms with Crippen molar-refractivity contribution >= 4 is 27.3 Å². The minimum atomic E-state index is -3.16. The van der Waals surface area contributed by atoms with Crippen LogP contribution >= 0.6 is 11.6 Å².